The summed E-state index contributed by atoms with van der Waals surface area (Å²) in [5, 5.41) is 18.4. The molecule has 0 aromatic heterocycles. The summed E-state index contributed by atoms with van der Waals surface area (Å²) in [7, 11) is 0. The Bertz CT molecular complexity index is 336. The van der Waals surface area contributed by atoms with Crippen LogP contribution in [-0.2, 0) is 6.42 Å². The number of aromatic hydroxyl groups is 1. The van der Waals surface area contributed by atoms with E-state index in [2.05, 4.69) is 15.9 Å². The van der Waals surface area contributed by atoms with Gasteiger partial charge in [0.25, 0.3) is 0 Å². The number of hydrogen-bond donors (Lipinski definition) is 2. The average molecular weight is 259 g/mol. The molecule has 0 aliphatic rings. The van der Waals surface area contributed by atoms with Crippen molar-refractivity contribution in [1.82, 2.24) is 0 Å². The first-order valence-electron chi connectivity index (χ1n) is 4.21. The topological polar surface area (TPSA) is 57.5 Å². The molecule has 0 fully saturated rings. The molecule has 3 nitrogen and oxygen atoms in total. The van der Waals surface area contributed by atoms with Gasteiger partial charge in [-0.25, -0.2) is 0 Å². The van der Waals surface area contributed by atoms with Gasteiger partial charge in [-0.1, -0.05) is 15.9 Å². The van der Waals surface area contributed by atoms with Crippen molar-refractivity contribution >= 4 is 21.7 Å². The molecule has 0 aliphatic carbocycles. The Hall–Kier alpha value is -0.870. The third kappa shape index (κ3) is 2.56. The number of Topliss-reactive ketones (excluding diaryl/α,β-unsaturated/α-hetero) is 1. The molecule has 0 amide bonds. The molecule has 1 rings (SSSR count). The maximum Gasteiger partial charge on any atom is 0.173 e. The van der Waals surface area contributed by atoms with E-state index < -0.39 is 0 Å². The number of carbonyl (C=O) groups is 1. The number of ketones is 1. The maximum absolute atomic E-state index is 11.3. The number of aliphatic hydroxyl groups excluding tert-OH is 1. The van der Waals surface area contributed by atoms with Crippen molar-refractivity contribution in [3.63, 3.8) is 0 Å². The molecule has 0 bridgehead atoms. The fourth-order valence-electron chi connectivity index (χ4n) is 1.16. The Morgan fingerprint density at radius 1 is 1.43 bits per heavy atom. The zero-order valence-electron chi connectivity index (χ0n) is 7.53. The van der Waals surface area contributed by atoms with E-state index in [0.29, 0.717) is 17.5 Å². The first-order chi connectivity index (χ1) is 6.69. The maximum atomic E-state index is 11.3. The average Bonchev–Trinajstić information content (AvgIpc) is 2.20. The quantitative estimate of drug-likeness (QED) is 0.636. The molecular formula is C10H11BrO3. The zero-order valence-corrected chi connectivity index (χ0v) is 9.12. The van der Waals surface area contributed by atoms with Crippen LogP contribution in [0.4, 0.5) is 0 Å². The molecule has 2 N–H and O–H groups in total. The van der Waals surface area contributed by atoms with Crippen LogP contribution in [0.15, 0.2) is 18.2 Å². The molecule has 14 heavy (non-hydrogen) atoms. The van der Waals surface area contributed by atoms with Crippen LogP contribution in [0.1, 0.15) is 15.9 Å². The van der Waals surface area contributed by atoms with E-state index in [1.165, 1.54) is 6.07 Å². The normalized spacial score (nSPS) is 10.1. The molecule has 0 spiro atoms. The van der Waals surface area contributed by atoms with E-state index in [1.807, 2.05) is 0 Å². The number of halogens is 1. The van der Waals surface area contributed by atoms with E-state index in [1.54, 1.807) is 12.1 Å². The van der Waals surface area contributed by atoms with Gasteiger partial charge in [0.05, 0.1) is 5.33 Å². The van der Waals surface area contributed by atoms with Crippen molar-refractivity contribution in [2.24, 2.45) is 0 Å². The number of phenols is 1. The van der Waals surface area contributed by atoms with Gasteiger partial charge in [0.2, 0.25) is 0 Å². The predicted octanol–water partition coefficient (Wildman–Crippen LogP) is 1.50. The first-order valence-corrected chi connectivity index (χ1v) is 5.33. The van der Waals surface area contributed by atoms with Crippen molar-refractivity contribution in [3.05, 3.63) is 29.3 Å². The first kappa shape index (κ1) is 11.2. The van der Waals surface area contributed by atoms with Crippen molar-refractivity contribution < 1.29 is 15.0 Å². The number of phenolic OH excluding ortho intramolecular Hbond substituents is 1. The lowest BCUT2D eigenvalue weighted by molar-refractivity contribution is 0.102. The highest BCUT2D eigenvalue weighted by Gasteiger charge is 2.07. The van der Waals surface area contributed by atoms with Gasteiger partial charge in [-0.05, 0) is 30.2 Å². The van der Waals surface area contributed by atoms with E-state index in [0.717, 1.165) is 0 Å². The van der Waals surface area contributed by atoms with Crippen LogP contribution in [0.5, 0.6) is 5.75 Å². The van der Waals surface area contributed by atoms with Gasteiger partial charge < -0.3 is 10.2 Å². The molecule has 0 atom stereocenters. The van der Waals surface area contributed by atoms with Gasteiger partial charge in [0, 0.05) is 12.2 Å². The molecule has 4 heteroatoms. The van der Waals surface area contributed by atoms with Crippen molar-refractivity contribution in [1.29, 1.82) is 0 Å². The molecule has 1 aromatic rings. The Kier molecular flexibility index (Phi) is 4.10. The molecule has 0 heterocycles. The highest BCUT2D eigenvalue weighted by molar-refractivity contribution is 9.09. The monoisotopic (exact) mass is 258 g/mol. The lowest BCUT2D eigenvalue weighted by atomic mass is 10.1. The van der Waals surface area contributed by atoms with Crippen LogP contribution in [0.25, 0.3) is 0 Å². The number of benzene rings is 1. The number of alkyl halides is 1. The third-order valence-electron chi connectivity index (χ3n) is 1.90. The Morgan fingerprint density at radius 3 is 2.71 bits per heavy atom. The standard InChI is InChI=1S/C10H11BrO3/c11-6-10(14)7-1-2-9(13)8(5-7)3-4-12/h1-2,5,12-13H,3-4,6H2. The van der Waals surface area contributed by atoms with Crippen LogP contribution in [0.2, 0.25) is 0 Å². The largest absolute Gasteiger partial charge is 0.508 e. The lowest BCUT2D eigenvalue weighted by Crippen LogP contribution is -2.01. The molecule has 0 aliphatic heterocycles. The number of aliphatic hydroxyl groups is 1. The molecule has 0 radical (unpaired) electrons. The van der Waals surface area contributed by atoms with Crippen LogP contribution in [-0.4, -0.2) is 27.9 Å². The highest BCUT2D eigenvalue weighted by atomic mass is 79.9. The summed E-state index contributed by atoms with van der Waals surface area (Å²) < 4.78 is 0. The fourth-order valence-corrected chi connectivity index (χ4v) is 1.48. The minimum Gasteiger partial charge on any atom is -0.508 e. The van der Waals surface area contributed by atoms with Crippen LogP contribution < -0.4 is 0 Å². The van der Waals surface area contributed by atoms with Crippen LogP contribution in [0.3, 0.4) is 0 Å². The minimum absolute atomic E-state index is 0.0378. The molecular weight excluding hydrogens is 248 g/mol. The van der Waals surface area contributed by atoms with E-state index in [-0.39, 0.29) is 23.5 Å². The lowest BCUT2D eigenvalue weighted by Gasteiger charge is -2.04. The molecule has 0 unspecified atom stereocenters. The van der Waals surface area contributed by atoms with E-state index >= 15 is 0 Å². The zero-order chi connectivity index (χ0) is 10.6. The number of hydrogen-bond acceptors (Lipinski definition) is 3. The summed E-state index contributed by atoms with van der Waals surface area (Å²) in [5.74, 6) is 0.0781. The minimum atomic E-state index is -0.0421. The van der Waals surface area contributed by atoms with Gasteiger partial charge in [0.1, 0.15) is 5.75 Å². The summed E-state index contributed by atoms with van der Waals surface area (Å²) >= 11 is 3.07. The van der Waals surface area contributed by atoms with Crippen LogP contribution in [0, 0.1) is 0 Å². The second-order valence-corrected chi connectivity index (χ2v) is 3.43. The number of carbonyl (C=O) groups excluding carboxylic acids is 1. The van der Waals surface area contributed by atoms with Crippen molar-refractivity contribution in [2.75, 3.05) is 11.9 Å². The summed E-state index contributed by atoms with van der Waals surface area (Å²) in [4.78, 5) is 11.3. The number of rotatable bonds is 4. The van der Waals surface area contributed by atoms with Gasteiger partial charge in [-0.15, -0.1) is 0 Å². The third-order valence-corrected chi connectivity index (χ3v) is 2.41. The van der Waals surface area contributed by atoms with Gasteiger partial charge >= 0.3 is 0 Å². The van der Waals surface area contributed by atoms with Crippen molar-refractivity contribution in [2.45, 2.75) is 6.42 Å². The predicted molar refractivity (Wildman–Crippen MR) is 57.0 cm³/mol. The van der Waals surface area contributed by atoms with Crippen molar-refractivity contribution in [3.8, 4) is 5.75 Å². The van der Waals surface area contributed by atoms with Gasteiger partial charge in [-0.3, -0.25) is 4.79 Å². The van der Waals surface area contributed by atoms with Gasteiger partial charge in [-0.2, -0.15) is 0 Å². The molecule has 76 valence electrons. The summed E-state index contributed by atoms with van der Waals surface area (Å²) in [6.45, 7) is -0.0421. The second-order valence-electron chi connectivity index (χ2n) is 2.87. The van der Waals surface area contributed by atoms with E-state index in [4.69, 9.17) is 5.11 Å². The molecule has 0 saturated carbocycles. The SMILES string of the molecule is O=C(CBr)c1ccc(O)c(CCO)c1. The smallest absolute Gasteiger partial charge is 0.173 e. The highest BCUT2D eigenvalue weighted by Crippen LogP contribution is 2.19. The summed E-state index contributed by atoms with van der Waals surface area (Å²) in [6, 6.07) is 4.65. The summed E-state index contributed by atoms with van der Waals surface area (Å²) in [6.07, 6.45) is 0.356. The second kappa shape index (κ2) is 5.12. The Labute approximate surface area is 90.5 Å². The Balaban J connectivity index is 2.99. The molecule has 0 saturated heterocycles. The molecule has 1 aromatic carbocycles. The van der Waals surface area contributed by atoms with Crippen LogP contribution >= 0.6 is 15.9 Å². The summed E-state index contributed by atoms with van der Waals surface area (Å²) in [5.41, 5.74) is 1.14. The Morgan fingerprint density at radius 2 is 2.14 bits per heavy atom. The van der Waals surface area contributed by atoms with E-state index in [9.17, 15) is 9.90 Å². The fraction of sp³-hybridized carbons (Fsp3) is 0.300. The van der Waals surface area contributed by atoms with Gasteiger partial charge in [0.15, 0.2) is 5.78 Å².